The summed E-state index contributed by atoms with van der Waals surface area (Å²) in [5.74, 6) is 0. The summed E-state index contributed by atoms with van der Waals surface area (Å²) < 4.78 is 0. The Labute approximate surface area is 101 Å². The van der Waals surface area contributed by atoms with Gasteiger partial charge in [-0.2, -0.15) is 0 Å². The van der Waals surface area contributed by atoms with Gasteiger partial charge in [0.2, 0.25) is 0 Å². The minimum atomic E-state index is 0.921. The maximum absolute atomic E-state index is 3.22. The van der Waals surface area contributed by atoms with E-state index in [-0.39, 0.29) is 0 Å². The van der Waals surface area contributed by atoms with Crippen LogP contribution in [0.1, 0.15) is 16.0 Å². The number of rotatable bonds is 3. The third-order valence-electron chi connectivity index (χ3n) is 2.67. The van der Waals surface area contributed by atoms with Gasteiger partial charge < -0.3 is 5.32 Å². The molecule has 84 valence electrons. The van der Waals surface area contributed by atoms with Crippen molar-refractivity contribution in [2.45, 2.75) is 20.4 Å². The highest BCUT2D eigenvalue weighted by Gasteiger charge is 2.06. The predicted molar refractivity (Wildman–Crippen MR) is 72.0 cm³/mol. The minimum Gasteiger partial charge on any atom is -0.316 e. The van der Waals surface area contributed by atoms with E-state index in [0.29, 0.717) is 0 Å². The summed E-state index contributed by atoms with van der Waals surface area (Å²) in [7, 11) is 1.99. The third kappa shape index (κ3) is 2.34. The van der Waals surface area contributed by atoms with E-state index in [1.165, 1.54) is 27.1 Å². The summed E-state index contributed by atoms with van der Waals surface area (Å²) in [5, 5.41) is 5.46. The molecule has 0 radical (unpaired) electrons. The van der Waals surface area contributed by atoms with Gasteiger partial charge in [-0.25, -0.2) is 0 Å². The molecule has 0 atom stereocenters. The van der Waals surface area contributed by atoms with Gasteiger partial charge in [-0.05, 0) is 49.0 Å². The van der Waals surface area contributed by atoms with Crippen molar-refractivity contribution >= 4 is 11.3 Å². The number of aryl methyl sites for hydroxylation is 2. The van der Waals surface area contributed by atoms with Crippen LogP contribution in [-0.4, -0.2) is 7.05 Å². The first-order chi connectivity index (χ1) is 7.70. The molecular weight excluding hydrogens is 214 g/mol. The highest BCUT2D eigenvalue weighted by atomic mass is 32.1. The molecule has 0 saturated heterocycles. The van der Waals surface area contributed by atoms with E-state index < -0.39 is 0 Å². The molecule has 0 aliphatic rings. The molecule has 0 amide bonds. The Morgan fingerprint density at radius 2 is 2.00 bits per heavy atom. The lowest BCUT2D eigenvalue weighted by Gasteiger charge is -2.09. The van der Waals surface area contributed by atoms with Crippen molar-refractivity contribution < 1.29 is 0 Å². The maximum Gasteiger partial charge on any atom is 0.0208 e. The van der Waals surface area contributed by atoms with Crippen molar-refractivity contribution in [1.82, 2.24) is 5.32 Å². The van der Waals surface area contributed by atoms with Crippen LogP contribution in [0, 0.1) is 13.8 Å². The van der Waals surface area contributed by atoms with Gasteiger partial charge in [-0.1, -0.05) is 23.8 Å². The second-order valence-corrected chi connectivity index (χ2v) is 5.25. The highest BCUT2D eigenvalue weighted by Crippen LogP contribution is 2.29. The van der Waals surface area contributed by atoms with Gasteiger partial charge in [-0.15, -0.1) is 11.3 Å². The van der Waals surface area contributed by atoms with E-state index in [0.717, 1.165) is 6.54 Å². The molecule has 0 bridgehead atoms. The zero-order chi connectivity index (χ0) is 11.5. The molecule has 0 unspecified atom stereocenters. The van der Waals surface area contributed by atoms with Gasteiger partial charge in [0.15, 0.2) is 0 Å². The molecule has 1 aromatic carbocycles. The van der Waals surface area contributed by atoms with Crippen LogP contribution in [0.4, 0.5) is 0 Å². The Hall–Kier alpha value is -1.12. The van der Waals surface area contributed by atoms with Crippen LogP contribution in [0.2, 0.25) is 0 Å². The molecule has 1 nitrogen and oxygen atoms in total. The van der Waals surface area contributed by atoms with Crippen LogP contribution >= 0.6 is 11.3 Å². The van der Waals surface area contributed by atoms with Crippen LogP contribution in [0.25, 0.3) is 11.1 Å². The Kier molecular flexibility index (Phi) is 3.42. The maximum atomic E-state index is 3.22. The summed E-state index contributed by atoms with van der Waals surface area (Å²) in [6.45, 7) is 5.22. The molecule has 2 heteroatoms. The molecule has 2 rings (SSSR count). The number of thiophene rings is 1. The molecule has 1 N–H and O–H groups in total. The Balaban J connectivity index is 2.48. The first-order valence-corrected chi connectivity index (χ1v) is 6.38. The largest absolute Gasteiger partial charge is 0.316 e. The van der Waals surface area contributed by atoms with Crippen molar-refractivity contribution in [3.8, 4) is 11.1 Å². The quantitative estimate of drug-likeness (QED) is 0.848. The molecular formula is C14H17NS. The van der Waals surface area contributed by atoms with Gasteiger partial charge in [0.05, 0.1) is 0 Å². The smallest absolute Gasteiger partial charge is 0.0208 e. The average Bonchev–Trinajstić information content (AvgIpc) is 2.68. The van der Waals surface area contributed by atoms with Gasteiger partial charge in [0.1, 0.15) is 0 Å². The molecule has 0 aliphatic carbocycles. The van der Waals surface area contributed by atoms with Gasteiger partial charge in [0, 0.05) is 11.4 Å². The standard InChI is InChI=1S/C14H17NS/c1-10-4-5-12(8-15-3)14(6-10)13-7-11(2)16-9-13/h4-7,9,15H,8H2,1-3H3. The number of benzene rings is 1. The van der Waals surface area contributed by atoms with Gasteiger partial charge >= 0.3 is 0 Å². The first kappa shape index (κ1) is 11.4. The van der Waals surface area contributed by atoms with Crippen LogP contribution in [0.15, 0.2) is 29.6 Å². The lowest BCUT2D eigenvalue weighted by molar-refractivity contribution is 0.819. The Morgan fingerprint density at radius 1 is 1.19 bits per heavy atom. The van der Waals surface area contributed by atoms with Crippen molar-refractivity contribution in [2.75, 3.05) is 7.05 Å². The van der Waals surface area contributed by atoms with Crippen molar-refractivity contribution in [3.05, 3.63) is 45.6 Å². The highest BCUT2D eigenvalue weighted by molar-refractivity contribution is 7.10. The predicted octanol–water partition coefficient (Wildman–Crippen LogP) is 3.75. The Morgan fingerprint density at radius 3 is 2.62 bits per heavy atom. The first-order valence-electron chi connectivity index (χ1n) is 5.50. The topological polar surface area (TPSA) is 12.0 Å². The van der Waals surface area contributed by atoms with E-state index in [2.05, 4.69) is 48.8 Å². The fourth-order valence-corrected chi connectivity index (χ4v) is 2.59. The lowest BCUT2D eigenvalue weighted by atomic mass is 9.99. The monoisotopic (exact) mass is 231 g/mol. The molecule has 16 heavy (non-hydrogen) atoms. The molecule has 1 aromatic heterocycles. The van der Waals surface area contributed by atoms with E-state index in [1.807, 2.05) is 18.4 Å². The van der Waals surface area contributed by atoms with E-state index in [9.17, 15) is 0 Å². The summed E-state index contributed by atoms with van der Waals surface area (Å²) in [5.41, 5.74) is 5.39. The molecule has 2 aromatic rings. The molecule has 0 saturated carbocycles. The summed E-state index contributed by atoms with van der Waals surface area (Å²) in [6.07, 6.45) is 0. The van der Waals surface area contributed by atoms with Gasteiger partial charge in [-0.3, -0.25) is 0 Å². The van der Waals surface area contributed by atoms with Gasteiger partial charge in [0.25, 0.3) is 0 Å². The fraction of sp³-hybridized carbons (Fsp3) is 0.286. The third-order valence-corrected chi connectivity index (χ3v) is 3.54. The van der Waals surface area contributed by atoms with Crippen LogP contribution in [0.5, 0.6) is 0 Å². The molecule has 0 spiro atoms. The fourth-order valence-electron chi connectivity index (χ4n) is 1.89. The zero-order valence-electron chi connectivity index (χ0n) is 10.0. The SMILES string of the molecule is CNCc1ccc(C)cc1-c1csc(C)c1. The second kappa shape index (κ2) is 4.81. The second-order valence-electron chi connectivity index (χ2n) is 4.14. The minimum absolute atomic E-state index is 0.921. The summed E-state index contributed by atoms with van der Waals surface area (Å²) in [6, 6.07) is 8.93. The zero-order valence-corrected chi connectivity index (χ0v) is 10.8. The number of nitrogens with one attached hydrogen (secondary N) is 1. The van der Waals surface area contributed by atoms with E-state index >= 15 is 0 Å². The van der Waals surface area contributed by atoms with Crippen molar-refractivity contribution in [2.24, 2.45) is 0 Å². The van der Waals surface area contributed by atoms with Crippen molar-refractivity contribution in [3.63, 3.8) is 0 Å². The van der Waals surface area contributed by atoms with E-state index in [1.54, 1.807) is 0 Å². The van der Waals surface area contributed by atoms with Crippen LogP contribution < -0.4 is 5.32 Å². The molecule has 0 fully saturated rings. The summed E-state index contributed by atoms with van der Waals surface area (Å²) >= 11 is 1.81. The number of hydrogen-bond acceptors (Lipinski definition) is 2. The average molecular weight is 231 g/mol. The van der Waals surface area contributed by atoms with Crippen LogP contribution in [-0.2, 0) is 6.54 Å². The number of hydrogen-bond donors (Lipinski definition) is 1. The normalized spacial score (nSPS) is 10.7. The van der Waals surface area contributed by atoms with Crippen LogP contribution in [0.3, 0.4) is 0 Å². The van der Waals surface area contributed by atoms with Crippen molar-refractivity contribution in [1.29, 1.82) is 0 Å². The lowest BCUT2D eigenvalue weighted by Crippen LogP contribution is -2.06. The Bertz CT molecular complexity index is 485. The van der Waals surface area contributed by atoms with E-state index in [4.69, 9.17) is 0 Å². The summed E-state index contributed by atoms with van der Waals surface area (Å²) in [4.78, 5) is 1.37. The molecule has 1 heterocycles. The molecule has 0 aliphatic heterocycles.